The molecule has 1 fully saturated rings. The third kappa shape index (κ3) is 9.92. The highest BCUT2D eigenvalue weighted by molar-refractivity contribution is 14.0. The van der Waals surface area contributed by atoms with Gasteiger partial charge in [-0.25, -0.2) is 4.99 Å². The first-order valence-corrected chi connectivity index (χ1v) is 10.7. The minimum atomic E-state index is 0. The number of halogens is 1. The number of furan rings is 1. The molecule has 0 aliphatic carbocycles. The van der Waals surface area contributed by atoms with Gasteiger partial charge in [-0.05, 0) is 42.7 Å². The van der Waals surface area contributed by atoms with Crippen LogP contribution < -0.4 is 15.4 Å². The van der Waals surface area contributed by atoms with Crippen LogP contribution in [0.3, 0.4) is 0 Å². The van der Waals surface area contributed by atoms with Crippen LogP contribution in [0.2, 0.25) is 0 Å². The molecule has 0 spiro atoms. The van der Waals surface area contributed by atoms with Gasteiger partial charge in [-0.3, -0.25) is 0 Å². The molecule has 1 aromatic carbocycles. The van der Waals surface area contributed by atoms with Crippen molar-refractivity contribution >= 4 is 29.9 Å². The highest BCUT2D eigenvalue weighted by atomic mass is 127. The van der Waals surface area contributed by atoms with E-state index in [2.05, 4.69) is 10.6 Å². The second-order valence-corrected chi connectivity index (χ2v) is 7.35. The van der Waals surface area contributed by atoms with Gasteiger partial charge in [0.15, 0.2) is 5.96 Å². The molecule has 31 heavy (non-hydrogen) atoms. The summed E-state index contributed by atoms with van der Waals surface area (Å²) in [5.41, 5.74) is 1.13. The van der Waals surface area contributed by atoms with Gasteiger partial charge in [0.1, 0.15) is 11.5 Å². The first-order valence-electron chi connectivity index (χ1n) is 10.7. The van der Waals surface area contributed by atoms with Gasteiger partial charge in [-0.1, -0.05) is 12.1 Å². The lowest BCUT2D eigenvalue weighted by molar-refractivity contribution is 0.0888. The number of guanidine groups is 1. The zero-order valence-electron chi connectivity index (χ0n) is 18.2. The summed E-state index contributed by atoms with van der Waals surface area (Å²) in [6.45, 7) is 5.38. The third-order valence-corrected chi connectivity index (χ3v) is 4.96. The van der Waals surface area contributed by atoms with Crippen LogP contribution in [0.5, 0.6) is 5.75 Å². The Morgan fingerprint density at radius 2 is 2.00 bits per heavy atom. The highest BCUT2D eigenvalue weighted by Gasteiger charge is 2.15. The van der Waals surface area contributed by atoms with Crippen LogP contribution in [0.1, 0.15) is 24.2 Å². The molecule has 2 N–H and O–H groups in total. The smallest absolute Gasteiger partial charge is 0.191 e. The molecule has 1 saturated heterocycles. The molecule has 1 aliphatic rings. The lowest BCUT2D eigenvalue weighted by Crippen LogP contribution is -2.39. The molecular weight excluding hydrogens is 509 g/mol. The third-order valence-electron chi connectivity index (χ3n) is 4.96. The van der Waals surface area contributed by atoms with E-state index in [9.17, 15) is 0 Å². The molecule has 8 heteroatoms. The van der Waals surface area contributed by atoms with E-state index in [0.717, 1.165) is 81.8 Å². The first kappa shape index (κ1) is 25.5. The van der Waals surface area contributed by atoms with Crippen molar-refractivity contribution < 1.29 is 18.6 Å². The Bertz CT molecular complexity index is 732. The number of hydrogen-bond donors (Lipinski definition) is 2. The topological polar surface area (TPSA) is 77.2 Å². The summed E-state index contributed by atoms with van der Waals surface area (Å²) in [5, 5.41) is 6.78. The fraction of sp³-hybridized carbons (Fsp3) is 0.522. The minimum Gasteiger partial charge on any atom is -0.497 e. The maximum atomic E-state index is 5.78. The second kappa shape index (κ2) is 15.1. The van der Waals surface area contributed by atoms with Crippen LogP contribution in [0.25, 0.3) is 0 Å². The Morgan fingerprint density at radius 1 is 1.16 bits per heavy atom. The van der Waals surface area contributed by atoms with Crippen LogP contribution in [-0.4, -0.2) is 52.6 Å². The number of hydrogen-bond acceptors (Lipinski definition) is 5. The molecule has 0 saturated carbocycles. The van der Waals surface area contributed by atoms with Crippen LogP contribution >= 0.6 is 24.0 Å². The monoisotopic (exact) mass is 543 g/mol. The normalized spacial score (nSPS) is 16.0. The lowest BCUT2D eigenvalue weighted by atomic mass is 10.1. The van der Waals surface area contributed by atoms with E-state index in [1.807, 2.05) is 36.4 Å². The molecule has 0 radical (unpaired) electrons. The van der Waals surface area contributed by atoms with Gasteiger partial charge in [0.05, 0.1) is 33.1 Å². The van der Waals surface area contributed by atoms with E-state index in [-0.39, 0.29) is 24.0 Å². The Morgan fingerprint density at radius 3 is 2.71 bits per heavy atom. The maximum Gasteiger partial charge on any atom is 0.191 e. The van der Waals surface area contributed by atoms with Crippen molar-refractivity contribution in [2.75, 3.05) is 46.6 Å². The molecule has 2 heterocycles. The Balaban J connectivity index is 0.00000341. The van der Waals surface area contributed by atoms with Crippen LogP contribution in [-0.2, 0) is 22.4 Å². The summed E-state index contributed by atoms with van der Waals surface area (Å²) < 4.78 is 21.8. The van der Waals surface area contributed by atoms with Crippen molar-refractivity contribution in [2.24, 2.45) is 10.9 Å². The van der Waals surface area contributed by atoms with Crippen molar-refractivity contribution in [2.45, 2.75) is 25.8 Å². The summed E-state index contributed by atoms with van der Waals surface area (Å²) >= 11 is 0. The SMILES string of the molecule is COc1ccc(CN=C(NCCCOCC2CCOC2)NCCc2ccco2)cc1.I. The predicted octanol–water partition coefficient (Wildman–Crippen LogP) is 3.63. The highest BCUT2D eigenvalue weighted by Crippen LogP contribution is 2.13. The molecule has 1 aromatic heterocycles. The average molecular weight is 543 g/mol. The molecule has 1 atom stereocenters. The van der Waals surface area contributed by atoms with Crippen LogP contribution in [0, 0.1) is 5.92 Å². The van der Waals surface area contributed by atoms with Crippen molar-refractivity contribution in [3.8, 4) is 5.75 Å². The van der Waals surface area contributed by atoms with E-state index < -0.39 is 0 Å². The summed E-state index contributed by atoms with van der Waals surface area (Å²) in [5.74, 6) is 3.16. The molecule has 3 rings (SSSR count). The van der Waals surface area contributed by atoms with E-state index in [4.69, 9.17) is 23.6 Å². The number of methoxy groups -OCH3 is 1. The minimum absolute atomic E-state index is 0. The number of rotatable bonds is 12. The number of nitrogens with one attached hydrogen (secondary N) is 2. The quantitative estimate of drug-likeness (QED) is 0.184. The fourth-order valence-electron chi connectivity index (χ4n) is 3.18. The zero-order valence-corrected chi connectivity index (χ0v) is 20.5. The van der Waals surface area contributed by atoms with Crippen molar-refractivity contribution in [3.63, 3.8) is 0 Å². The standard InChI is InChI=1S/C23H33N3O4.HI/c1-27-21-7-5-19(6-8-21)16-26-23(25-12-9-22-4-2-14-30-22)24-11-3-13-28-17-20-10-15-29-18-20;/h2,4-8,14,20H,3,9-13,15-18H2,1H3,(H2,24,25,26);1H. The lowest BCUT2D eigenvalue weighted by Gasteiger charge is -2.13. The van der Waals surface area contributed by atoms with E-state index >= 15 is 0 Å². The van der Waals surface area contributed by atoms with E-state index in [1.165, 1.54) is 0 Å². The molecule has 1 aliphatic heterocycles. The van der Waals surface area contributed by atoms with Gasteiger partial charge in [0, 0.05) is 38.6 Å². The molecule has 1 unspecified atom stereocenters. The summed E-state index contributed by atoms with van der Waals surface area (Å²) in [7, 11) is 1.67. The van der Waals surface area contributed by atoms with E-state index in [1.54, 1.807) is 13.4 Å². The Labute approximate surface area is 202 Å². The van der Waals surface area contributed by atoms with Crippen molar-refractivity contribution in [1.82, 2.24) is 10.6 Å². The predicted molar refractivity (Wildman–Crippen MR) is 132 cm³/mol. The first-order chi connectivity index (χ1) is 14.8. The molecular formula is C23H34IN3O4. The van der Waals surface area contributed by atoms with Gasteiger partial charge in [0.25, 0.3) is 0 Å². The number of benzene rings is 1. The maximum absolute atomic E-state index is 5.78. The van der Waals surface area contributed by atoms with E-state index in [0.29, 0.717) is 12.5 Å². The van der Waals surface area contributed by atoms with Gasteiger partial charge in [0.2, 0.25) is 0 Å². The van der Waals surface area contributed by atoms with Crippen LogP contribution in [0.15, 0.2) is 52.1 Å². The second-order valence-electron chi connectivity index (χ2n) is 7.35. The molecule has 0 amide bonds. The number of ether oxygens (including phenoxy) is 3. The van der Waals surface area contributed by atoms with Crippen molar-refractivity contribution in [1.29, 1.82) is 0 Å². The largest absolute Gasteiger partial charge is 0.497 e. The molecule has 2 aromatic rings. The molecule has 7 nitrogen and oxygen atoms in total. The Hall–Kier alpha value is -1.78. The van der Waals surface area contributed by atoms with Gasteiger partial charge < -0.3 is 29.3 Å². The van der Waals surface area contributed by atoms with Gasteiger partial charge >= 0.3 is 0 Å². The summed E-state index contributed by atoms with van der Waals surface area (Å²) in [4.78, 5) is 4.71. The fourth-order valence-corrected chi connectivity index (χ4v) is 3.18. The summed E-state index contributed by atoms with van der Waals surface area (Å²) in [6.07, 6.45) is 4.54. The van der Waals surface area contributed by atoms with Gasteiger partial charge in [-0.15, -0.1) is 24.0 Å². The van der Waals surface area contributed by atoms with Crippen molar-refractivity contribution in [3.05, 3.63) is 54.0 Å². The molecule has 0 bridgehead atoms. The molecule has 172 valence electrons. The number of aliphatic imine (C=N–C) groups is 1. The van der Waals surface area contributed by atoms with Gasteiger partial charge in [-0.2, -0.15) is 0 Å². The number of nitrogens with zero attached hydrogens (tertiary/aromatic N) is 1. The average Bonchev–Trinajstić information content (AvgIpc) is 3.48. The Kier molecular flexibility index (Phi) is 12.4. The zero-order chi connectivity index (χ0) is 20.9. The van der Waals surface area contributed by atoms with Crippen LogP contribution in [0.4, 0.5) is 0 Å². The summed E-state index contributed by atoms with van der Waals surface area (Å²) in [6, 6.07) is 11.9.